The smallest absolute Gasteiger partial charge is 0.0845 e. The normalized spacial score (nSPS) is 28.6. The van der Waals surface area contributed by atoms with Gasteiger partial charge in [-0.1, -0.05) is 0 Å². The molecule has 0 amide bonds. The highest BCUT2D eigenvalue weighted by atomic mass is 16.5. The van der Waals surface area contributed by atoms with E-state index in [2.05, 4.69) is 0 Å². The van der Waals surface area contributed by atoms with Crippen LogP contribution in [0.3, 0.4) is 0 Å². The van der Waals surface area contributed by atoms with Crippen molar-refractivity contribution in [1.82, 2.24) is 0 Å². The second-order valence-electron chi connectivity index (χ2n) is 2.25. The van der Waals surface area contributed by atoms with Gasteiger partial charge in [-0.3, -0.25) is 0 Å². The summed E-state index contributed by atoms with van der Waals surface area (Å²) in [6, 6.07) is 0. The van der Waals surface area contributed by atoms with Gasteiger partial charge in [-0.05, 0) is 6.42 Å². The van der Waals surface area contributed by atoms with E-state index in [0.29, 0.717) is 18.9 Å². The van der Waals surface area contributed by atoms with E-state index in [1.165, 1.54) is 0 Å². The minimum atomic E-state index is 0.0683. The molecular weight excluding hydrogens is 118 g/mol. The molecule has 2 N–H and O–H groups in total. The first-order valence-corrected chi connectivity index (χ1v) is 3.10. The first kappa shape index (κ1) is 6.71. The van der Waals surface area contributed by atoms with Crippen LogP contribution in [0.4, 0.5) is 0 Å². The maximum absolute atomic E-state index is 8.67. The molecule has 1 aliphatic rings. The van der Waals surface area contributed by atoms with Crippen LogP contribution in [-0.4, -0.2) is 30.6 Å². The van der Waals surface area contributed by atoms with E-state index in [0.717, 1.165) is 6.42 Å². The Labute approximate surface area is 54.2 Å². The van der Waals surface area contributed by atoms with Crippen molar-refractivity contribution in [3.05, 3.63) is 0 Å². The third-order valence-corrected chi connectivity index (χ3v) is 1.58. The fraction of sp³-hybridized carbons (Fsp3) is 0.833. The quantitative estimate of drug-likeness (QED) is 0.525. The third kappa shape index (κ3) is 1.50. The lowest BCUT2D eigenvalue weighted by Gasteiger charge is -2.20. The van der Waals surface area contributed by atoms with Gasteiger partial charge in [0.25, 0.3) is 0 Å². The molecule has 0 spiro atoms. The number of hydrogen-bond donors (Lipinski definition) is 2. The maximum atomic E-state index is 8.67. The summed E-state index contributed by atoms with van der Waals surface area (Å²) in [6.45, 7) is 1.20. The van der Waals surface area contributed by atoms with Crippen molar-refractivity contribution in [2.75, 3.05) is 19.8 Å². The highest BCUT2D eigenvalue weighted by Crippen LogP contribution is 2.09. The Morgan fingerprint density at radius 3 is 3.00 bits per heavy atom. The molecule has 0 aliphatic carbocycles. The van der Waals surface area contributed by atoms with Crippen LogP contribution >= 0.6 is 0 Å². The largest absolute Gasteiger partial charge is 0.396 e. The van der Waals surface area contributed by atoms with Gasteiger partial charge in [-0.2, -0.15) is 0 Å². The fourth-order valence-electron chi connectivity index (χ4n) is 0.901. The highest BCUT2D eigenvalue weighted by Gasteiger charge is 2.17. The van der Waals surface area contributed by atoms with Gasteiger partial charge in [-0.25, -0.2) is 0 Å². The van der Waals surface area contributed by atoms with Crippen molar-refractivity contribution in [1.29, 1.82) is 5.41 Å². The van der Waals surface area contributed by atoms with Gasteiger partial charge in [0.05, 0.1) is 13.2 Å². The highest BCUT2D eigenvalue weighted by molar-refractivity contribution is 5.85. The molecule has 1 heterocycles. The second-order valence-corrected chi connectivity index (χ2v) is 2.25. The lowest BCUT2D eigenvalue weighted by Crippen LogP contribution is -2.29. The predicted octanol–water partition coefficient (Wildman–Crippen LogP) is 0.0350. The number of ether oxygens (including phenoxy) is 1. The molecule has 1 fully saturated rings. The zero-order chi connectivity index (χ0) is 6.69. The first-order valence-electron chi connectivity index (χ1n) is 3.10. The minimum absolute atomic E-state index is 0.0683. The summed E-state index contributed by atoms with van der Waals surface area (Å²) in [7, 11) is 0. The molecule has 0 saturated carbocycles. The van der Waals surface area contributed by atoms with Crippen molar-refractivity contribution in [2.24, 2.45) is 5.92 Å². The van der Waals surface area contributed by atoms with E-state index >= 15 is 0 Å². The number of hydrogen-bond acceptors (Lipinski definition) is 3. The molecule has 1 saturated heterocycles. The summed E-state index contributed by atoms with van der Waals surface area (Å²) in [5.41, 5.74) is 0.531. The molecule has 9 heavy (non-hydrogen) atoms. The first-order chi connectivity index (χ1) is 4.34. The summed E-state index contributed by atoms with van der Waals surface area (Å²) < 4.78 is 4.98. The SMILES string of the molecule is N=C1COCC[C@H]1CO. The lowest BCUT2D eigenvalue weighted by atomic mass is 10.00. The van der Waals surface area contributed by atoms with Gasteiger partial charge in [0.2, 0.25) is 0 Å². The van der Waals surface area contributed by atoms with Crippen LogP contribution in [0.1, 0.15) is 6.42 Å². The Balaban J connectivity index is 2.39. The molecule has 3 nitrogen and oxygen atoms in total. The van der Waals surface area contributed by atoms with E-state index in [-0.39, 0.29) is 12.5 Å². The Hall–Kier alpha value is -0.410. The van der Waals surface area contributed by atoms with Crippen molar-refractivity contribution < 1.29 is 9.84 Å². The van der Waals surface area contributed by atoms with Crippen LogP contribution in [0.25, 0.3) is 0 Å². The molecule has 1 atom stereocenters. The number of aliphatic hydroxyl groups excluding tert-OH is 1. The predicted molar refractivity (Wildman–Crippen MR) is 33.7 cm³/mol. The summed E-state index contributed by atoms with van der Waals surface area (Å²) in [5.74, 6) is 0.0683. The van der Waals surface area contributed by atoms with Crippen molar-refractivity contribution >= 4 is 5.71 Å². The van der Waals surface area contributed by atoms with Gasteiger partial charge < -0.3 is 15.3 Å². The van der Waals surface area contributed by atoms with Crippen LogP contribution in [0.5, 0.6) is 0 Å². The molecule has 1 rings (SSSR count). The lowest BCUT2D eigenvalue weighted by molar-refractivity contribution is 0.118. The molecule has 3 heteroatoms. The number of rotatable bonds is 1. The van der Waals surface area contributed by atoms with Crippen LogP contribution in [0.2, 0.25) is 0 Å². The molecular formula is C6H11NO2. The summed E-state index contributed by atoms with van der Waals surface area (Å²) in [4.78, 5) is 0. The van der Waals surface area contributed by atoms with Crippen molar-refractivity contribution in [3.8, 4) is 0 Å². The van der Waals surface area contributed by atoms with Gasteiger partial charge >= 0.3 is 0 Å². The third-order valence-electron chi connectivity index (χ3n) is 1.58. The molecule has 1 aliphatic heterocycles. The molecule has 0 bridgehead atoms. The van der Waals surface area contributed by atoms with Crippen LogP contribution in [-0.2, 0) is 4.74 Å². The standard InChI is InChI=1S/C6H11NO2/c7-6-4-9-2-1-5(6)3-8/h5,7-8H,1-4H2/t5-/m0/s1. The molecule has 0 aromatic carbocycles. The van der Waals surface area contributed by atoms with E-state index < -0.39 is 0 Å². The fourth-order valence-corrected chi connectivity index (χ4v) is 0.901. The molecule has 52 valence electrons. The Morgan fingerprint density at radius 2 is 2.56 bits per heavy atom. The van der Waals surface area contributed by atoms with Gasteiger partial charge in [0, 0.05) is 18.2 Å². The van der Waals surface area contributed by atoms with Crippen molar-refractivity contribution in [3.63, 3.8) is 0 Å². The summed E-state index contributed by atoms with van der Waals surface area (Å²) >= 11 is 0. The summed E-state index contributed by atoms with van der Waals surface area (Å²) in [6.07, 6.45) is 0.801. The number of aliphatic hydroxyl groups is 1. The van der Waals surface area contributed by atoms with Gasteiger partial charge in [-0.15, -0.1) is 0 Å². The maximum Gasteiger partial charge on any atom is 0.0845 e. The zero-order valence-electron chi connectivity index (χ0n) is 5.26. The van der Waals surface area contributed by atoms with Crippen LogP contribution in [0.15, 0.2) is 0 Å². The molecule has 0 aromatic rings. The summed E-state index contributed by atoms with van der Waals surface area (Å²) in [5, 5.41) is 15.9. The van der Waals surface area contributed by atoms with Gasteiger partial charge in [0.1, 0.15) is 0 Å². The van der Waals surface area contributed by atoms with E-state index in [4.69, 9.17) is 15.3 Å². The average molecular weight is 129 g/mol. The molecule has 0 radical (unpaired) electrons. The minimum Gasteiger partial charge on any atom is -0.396 e. The average Bonchev–Trinajstić information content (AvgIpc) is 1.89. The second kappa shape index (κ2) is 2.94. The monoisotopic (exact) mass is 129 g/mol. The van der Waals surface area contributed by atoms with E-state index in [1.807, 2.05) is 0 Å². The molecule has 0 aromatic heterocycles. The Bertz CT molecular complexity index is 114. The van der Waals surface area contributed by atoms with Gasteiger partial charge in [0.15, 0.2) is 0 Å². The topological polar surface area (TPSA) is 53.3 Å². The van der Waals surface area contributed by atoms with E-state index in [9.17, 15) is 0 Å². The van der Waals surface area contributed by atoms with Crippen molar-refractivity contribution in [2.45, 2.75) is 6.42 Å². The van der Waals surface area contributed by atoms with Crippen LogP contribution < -0.4 is 0 Å². The number of nitrogens with one attached hydrogen (secondary N) is 1. The van der Waals surface area contributed by atoms with E-state index in [1.54, 1.807) is 0 Å². The molecule has 0 unspecified atom stereocenters. The zero-order valence-corrected chi connectivity index (χ0v) is 5.26. The van der Waals surface area contributed by atoms with Crippen LogP contribution in [0, 0.1) is 11.3 Å². The Kier molecular flexibility index (Phi) is 2.19. The Morgan fingerprint density at radius 1 is 1.78 bits per heavy atom.